The van der Waals surface area contributed by atoms with Gasteiger partial charge in [-0.05, 0) is 38.1 Å². The summed E-state index contributed by atoms with van der Waals surface area (Å²) in [4.78, 5) is 4.24. The van der Waals surface area contributed by atoms with Gasteiger partial charge in [0.1, 0.15) is 5.82 Å². The lowest BCUT2D eigenvalue weighted by Gasteiger charge is -2.23. The van der Waals surface area contributed by atoms with E-state index in [1.165, 1.54) is 12.8 Å². The fourth-order valence-electron chi connectivity index (χ4n) is 1.62. The van der Waals surface area contributed by atoms with Gasteiger partial charge in [0.05, 0.1) is 0 Å². The van der Waals surface area contributed by atoms with Crippen molar-refractivity contribution >= 4 is 30.6 Å². The molecule has 0 saturated carbocycles. The van der Waals surface area contributed by atoms with Crippen LogP contribution in [0, 0.1) is 0 Å². The summed E-state index contributed by atoms with van der Waals surface area (Å²) in [6, 6.07) is 6.56. The van der Waals surface area contributed by atoms with E-state index in [9.17, 15) is 0 Å². The highest BCUT2D eigenvalue weighted by Gasteiger charge is 2.12. The number of hydrogen-bond acceptors (Lipinski definition) is 3. The molecule has 2 rings (SSSR count). The fourth-order valence-corrected chi connectivity index (χ4v) is 1.62. The predicted octanol–water partition coefficient (Wildman–Crippen LogP) is 2.09. The highest BCUT2D eigenvalue weighted by molar-refractivity contribution is 5.85. The van der Waals surface area contributed by atoms with E-state index in [-0.39, 0.29) is 24.8 Å². The van der Waals surface area contributed by atoms with E-state index in [1.807, 2.05) is 24.4 Å². The zero-order valence-electron chi connectivity index (χ0n) is 8.48. The van der Waals surface area contributed by atoms with Crippen molar-refractivity contribution < 1.29 is 0 Å². The van der Waals surface area contributed by atoms with Gasteiger partial charge in [-0.1, -0.05) is 6.07 Å². The van der Waals surface area contributed by atoms with Crippen LogP contribution in [0.4, 0.5) is 5.82 Å². The van der Waals surface area contributed by atoms with Crippen molar-refractivity contribution in [1.29, 1.82) is 0 Å². The average Bonchev–Trinajstić information content (AvgIpc) is 2.21. The minimum Gasteiger partial charge on any atom is -0.367 e. The Bertz CT molecular complexity index is 250. The molecule has 1 fully saturated rings. The predicted molar refractivity (Wildman–Crippen MR) is 68.2 cm³/mol. The van der Waals surface area contributed by atoms with Crippen molar-refractivity contribution in [1.82, 2.24) is 10.3 Å². The molecule has 3 nitrogen and oxygen atoms in total. The number of pyridine rings is 1. The molecular weight excluding hydrogens is 233 g/mol. The summed E-state index contributed by atoms with van der Waals surface area (Å²) in [7, 11) is 0. The molecule has 2 heterocycles. The van der Waals surface area contributed by atoms with E-state index < -0.39 is 0 Å². The molecule has 1 saturated heterocycles. The Morgan fingerprint density at radius 2 is 1.93 bits per heavy atom. The van der Waals surface area contributed by atoms with Crippen LogP contribution in [0.1, 0.15) is 12.8 Å². The maximum atomic E-state index is 4.24. The van der Waals surface area contributed by atoms with Crippen LogP contribution in [-0.2, 0) is 0 Å². The van der Waals surface area contributed by atoms with Gasteiger partial charge in [0, 0.05) is 12.2 Å². The smallest absolute Gasteiger partial charge is 0.126 e. The Kier molecular flexibility index (Phi) is 7.48. The van der Waals surface area contributed by atoms with Gasteiger partial charge in [0.25, 0.3) is 0 Å². The number of hydrogen-bond donors (Lipinski definition) is 2. The Morgan fingerprint density at radius 1 is 1.20 bits per heavy atom. The normalized spacial score (nSPS) is 16.0. The molecular formula is C10H17Cl2N3. The maximum Gasteiger partial charge on any atom is 0.126 e. The minimum absolute atomic E-state index is 0. The third kappa shape index (κ3) is 4.69. The highest BCUT2D eigenvalue weighted by Crippen LogP contribution is 2.09. The standard InChI is InChI=1S/C10H15N3.2ClH/c1-2-6-12-10(3-1)13-9-4-7-11-8-5-9;;/h1-3,6,9,11H,4-5,7-8H2,(H,12,13);2*1H. The quantitative estimate of drug-likeness (QED) is 0.843. The summed E-state index contributed by atoms with van der Waals surface area (Å²) in [6.45, 7) is 2.23. The van der Waals surface area contributed by atoms with Crippen molar-refractivity contribution in [3.63, 3.8) is 0 Å². The third-order valence-corrected chi connectivity index (χ3v) is 2.36. The van der Waals surface area contributed by atoms with Crippen molar-refractivity contribution in [3.8, 4) is 0 Å². The second-order valence-electron chi connectivity index (χ2n) is 3.38. The molecule has 0 atom stereocenters. The lowest BCUT2D eigenvalue weighted by Crippen LogP contribution is -2.35. The molecule has 0 aromatic carbocycles. The number of rotatable bonds is 2. The van der Waals surface area contributed by atoms with Crippen molar-refractivity contribution in [2.45, 2.75) is 18.9 Å². The summed E-state index contributed by atoms with van der Waals surface area (Å²) < 4.78 is 0. The molecule has 0 radical (unpaired) electrons. The van der Waals surface area contributed by atoms with Crippen molar-refractivity contribution in [3.05, 3.63) is 24.4 Å². The van der Waals surface area contributed by atoms with Gasteiger partial charge in [-0.25, -0.2) is 4.98 Å². The van der Waals surface area contributed by atoms with E-state index in [4.69, 9.17) is 0 Å². The van der Waals surface area contributed by atoms with Gasteiger partial charge in [0.15, 0.2) is 0 Å². The van der Waals surface area contributed by atoms with E-state index in [0.717, 1.165) is 18.9 Å². The van der Waals surface area contributed by atoms with Gasteiger partial charge in [-0.2, -0.15) is 0 Å². The van der Waals surface area contributed by atoms with Crippen LogP contribution in [0.2, 0.25) is 0 Å². The SMILES string of the molecule is Cl.Cl.c1ccc(NC2CCNCC2)nc1. The monoisotopic (exact) mass is 249 g/mol. The number of nitrogens with one attached hydrogen (secondary N) is 2. The topological polar surface area (TPSA) is 37.0 Å². The Morgan fingerprint density at radius 3 is 2.53 bits per heavy atom. The summed E-state index contributed by atoms with van der Waals surface area (Å²) in [6.07, 6.45) is 4.20. The number of halogens is 2. The van der Waals surface area contributed by atoms with E-state index >= 15 is 0 Å². The molecule has 2 N–H and O–H groups in total. The second kappa shape index (κ2) is 7.74. The Labute approximate surface area is 103 Å². The number of nitrogens with zero attached hydrogens (tertiary/aromatic N) is 1. The molecule has 86 valence electrons. The minimum atomic E-state index is 0. The molecule has 0 unspecified atom stereocenters. The molecule has 0 aliphatic carbocycles. The van der Waals surface area contributed by atoms with Gasteiger partial charge in [-0.15, -0.1) is 24.8 Å². The largest absolute Gasteiger partial charge is 0.367 e. The number of anilines is 1. The Balaban J connectivity index is 0.000000980. The molecule has 1 aromatic heterocycles. The van der Waals surface area contributed by atoms with Crippen molar-refractivity contribution in [2.75, 3.05) is 18.4 Å². The van der Waals surface area contributed by atoms with Crippen LogP contribution >= 0.6 is 24.8 Å². The van der Waals surface area contributed by atoms with Crippen LogP contribution in [0.25, 0.3) is 0 Å². The lowest BCUT2D eigenvalue weighted by atomic mass is 10.1. The van der Waals surface area contributed by atoms with E-state index in [0.29, 0.717) is 6.04 Å². The second-order valence-corrected chi connectivity index (χ2v) is 3.38. The summed E-state index contributed by atoms with van der Waals surface area (Å²) in [5, 5.41) is 6.77. The van der Waals surface area contributed by atoms with Crippen LogP contribution in [-0.4, -0.2) is 24.1 Å². The lowest BCUT2D eigenvalue weighted by molar-refractivity contribution is 0.478. The molecule has 1 aromatic rings. The maximum absolute atomic E-state index is 4.24. The van der Waals surface area contributed by atoms with Gasteiger partial charge < -0.3 is 10.6 Å². The zero-order chi connectivity index (χ0) is 8.93. The van der Waals surface area contributed by atoms with Crippen LogP contribution in [0.5, 0.6) is 0 Å². The first-order valence-electron chi connectivity index (χ1n) is 4.83. The molecule has 0 spiro atoms. The molecule has 5 heteroatoms. The third-order valence-electron chi connectivity index (χ3n) is 2.36. The first-order chi connectivity index (χ1) is 6.45. The molecule has 15 heavy (non-hydrogen) atoms. The van der Waals surface area contributed by atoms with Crippen LogP contribution in [0.3, 0.4) is 0 Å². The van der Waals surface area contributed by atoms with Gasteiger partial charge >= 0.3 is 0 Å². The fraction of sp³-hybridized carbons (Fsp3) is 0.500. The first-order valence-corrected chi connectivity index (χ1v) is 4.83. The van der Waals surface area contributed by atoms with Crippen molar-refractivity contribution in [2.24, 2.45) is 0 Å². The first kappa shape index (κ1) is 14.5. The summed E-state index contributed by atoms with van der Waals surface area (Å²) in [5.41, 5.74) is 0. The zero-order valence-corrected chi connectivity index (χ0v) is 10.1. The van der Waals surface area contributed by atoms with E-state index in [1.54, 1.807) is 0 Å². The van der Waals surface area contributed by atoms with Crippen LogP contribution < -0.4 is 10.6 Å². The Hall–Kier alpha value is -0.510. The number of piperidine rings is 1. The number of aromatic nitrogens is 1. The molecule has 1 aliphatic rings. The highest BCUT2D eigenvalue weighted by atomic mass is 35.5. The average molecular weight is 250 g/mol. The molecule has 1 aliphatic heterocycles. The summed E-state index contributed by atoms with van der Waals surface area (Å²) in [5.74, 6) is 0.995. The molecule has 0 amide bonds. The van der Waals surface area contributed by atoms with Crippen LogP contribution in [0.15, 0.2) is 24.4 Å². The van der Waals surface area contributed by atoms with Gasteiger partial charge in [-0.3, -0.25) is 0 Å². The van der Waals surface area contributed by atoms with E-state index in [2.05, 4.69) is 15.6 Å². The van der Waals surface area contributed by atoms with Gasteiger partial charge in [0.2, 0.25) is 0 Å². The summed E-state index contributed by atoms with van der Waals surface area (Å²) >= 11 is 0. The molecule has 0 bridgehead atoms.